The Morgan fingerprint density at radius 3 is 2.41 bits per heavy atom. The van der Waals surface area contributed by atoms with E-state index in [1.165, 1.54) is 12.8 Å². The Kier molecular flexibility index (Phi) is 4.40. The van der Waals surface area contributed by atoms with E-state index in [0.29, 0.717) is 0 Å². The number of nitrogens with zero attached hydrogens (tertiary/aromatic N) is 6. The monoisotopic (exact) mass is 304 g/mol. The molecule has 22 heavy (non-hydrogen) atoms. The van der Waals surface area contributed by atoms with Crippen LogP contribution >= 0.6 is 0 Å². The van der Waals surface area contributed by atoms with Crippen LogP contribution in [0.1, 0.15) is 26.7 Å². The SMILES string of the molecule is CC(=O)N1CCN(c2cnnc(N3CCC(C)CC3)n2)CC1. The van der Waals surface area contributed by atoms with Gasteiger partial charge in [0.2, 0.25) is 11.9 Å². The van der Waals surface area contributed by atoms with Crippen molar-refractivity contribution in [3.05, 3.63) is 6.20 Å². The molecule has 0 radical (unpaired) electrons. The maximum atomic E-state index is 11.4. The summed E-state index contributed by atoms with van der Waals surface area (Å²) in [7, 11) is 0. The first kappa shape index (κ1) is 15.0. The van der Waals surface area contributed by atoms with Gasteiger partial charge in [0.05, 0.1) is 6.20 Å². The molecule has 2 aliphatic heterocycles. The molecule has 2 fully saturated rings. The Balaban J connectivity index is 1.66. The number of rotatable bonds is 2. The molecule has 1 aromatic rings. The predicted octanol–water partition coefficient (Wildman–Crippen LogP) is 0.776. The first-order valence-electron chi connectivity index (χ1n) is 8.08. The molecule has 0 unspecified atom stereocenters. The van der Waals surface area contributed by atoms with Crippen LogP contribution in [-0.4, -0.2) is 65.3 Å². The summed E-state index contributed by atoms with van der Waals surface area (Å²) in [6, 6.07) is 0. The highest BCUT2D eigenvalue weighted by Crippen LogP contribution is 2.21. The van der Waals surface area contributed by atoms with Crippen molar-refractivity contribution in [3.63, 3.8) is 0 Å². The minimum Gasteiger partial charge on any atom is -0.352 e. The first-order chi connectivity index (χ1) is 10.6. The molecule has 0 N–H and O–H groups in total. The summed E-state index contributed by atoms with van der Waals surface area (Å²) in [5.41, 5.74) is 0. The minimum atomic E-state index is 0.142. The van der Waals surface area contributed by atoms with Crippen LogP contribution in [0, 0.1) is 5.92 Å². The summed E-state index contributed by atoms with van der Waals surface area (Å²) in [5, 5.41) is 8.33. The van der Waals surface area contributed by atoms with Gasteiger partial charge in [-0.3, -0.25) is 4.79 Å². The van der Waals surface area contributed by atoms with Crippen LogP contribution < -0.4 is 9.80 Å². The lowest BCUT2D eigenvalue weighted by atomic mass is 10.00. The molecule has 0 atom stereocenters. The Hall–Kier alpha value is -1.92. The fourth-order valence-electron chi connectivity index (χ4n) is 3.03. The third kappa shape index (κ3) is 3.28. The zero-order valence-electron chi connectivity index (χ0n) is 13.4. The van der Waals surface area contributed by atoms with Crippen LogP contribution in [0.3, 0.4) is 0 Å². The fraction of sp³-hybridized carbons (Fsp3) is 0.733. The molecule has 2 aliphatic rings. The van der Waals surface area contributed by atoms with Crippen LogP contribution in [0.2, 0.25) is 0 Å². The van der Waals surface area contributed by atoms with Gasteiger partial charge < -0.3 is 14.7 Å². The number of hydrogen-bond acceptors (Lipinski definition) is 6. The van der Waals surface area contributed by atoms with Crippen molar-refractivity contribution in [1.82, 2.24) is 20.1 Å². The Bertz CT molecular complexity index is 521. The highest BCUT2D eigenvalue weighted by molar-refractivity contribution is 5.73. The van der Waals surface area contributed by atoms with Gasteiger partial charge >= 0.3 is 0 Å². The van der Waals surface area contributed by atoms with Crippen molar-refractivity contribution in [2.75, 3.05) is 49.1 Å². The highest BCUT2D eigenvalue weighted by Gasteiger charge is 2.22. The number of hydrogen-bond donors (Lipinski definition) is 0. The molecule has 3 heterocycles. The van der Waals surface area contributed by atoms with Crippen LogP contribution in [0.5, 0.6) is 0 Å². The second-order valence-electron chi connectivity index (χ2n) is 6.28. The van der Waals surface area contributed by atoms with Gasteiger partial charge in [-0.05, 0) is 18.8 Å². The number of amides is 1. The van der Waals surface area contributed by atoms with E-state index in [9.17, 15) is 4.79 Å². The van der Waals surface area contributed by atoms with Gasteiger partial charge in [-0.15, -0.1) is 5.10 Å². The molecular formula is C15H24N6O. The summed E-state index contributed by atoms with van der Waals surface area (Å²) in [6.45, 7) is 9.02. The van der Waals surface area contributed by atoms with Gasteiger partial charge in [-0.25, -0.2) is 0 Å². The summed E-state index contributed by atoms with van der Waals surface area (Å²) in [4.78, 5) is 22.4. The van der Waals surface area contributed by atoms with Crippen LogP contribution in [-0.2, 0) is 4.79 Å². The van der Waals surface area contributed by atoms with Crippen molar-refractivity contribution >= 4 is 17.7 Å². The van der Waals surface area contributed by atoms with E-state index in [1.54, 1.807) is 13.1 Å². The highest BCUT2D eigenvalue weighted by atomic mass is 16.2. The van der Waals surface area contributed by atoms with E-state index < -0.39 is 0 Å². The van der Waals surface area contributed by atoms with E-state index in [4.69, 9.17) is 0 Å². The maximum absolute atomic E-state index is 11.4. The van der Waals surface area contributed by atoms with Crippen LogP contribution in [0.15, 0.2) is 6.20 Å². The molecule has 0 saturated carbocycles. The Morgan fingerprint density at radius 1 is 1.09 bits per heavy atom. The van der Waals surface area contributed by atoms with Crippen LogP contribution in [0.25, 0.3) is 0 Å². The summed E-state index contributed by atoms with van der Waals surface area (Å²) < 4.78 is 0. The third-order valence-electron chi connectivity index (χ3n) is 4.65. The lowest BCUT2D eigenvalue weighted by Gasteiger charge is -2.35. The topological polar surface area (TPSA) is 65.5 Å². The van der Waals surface area contributed by atoms with Gasteiger partial charge in [-0.1, -0.05) is 6.92 Å². The largest absolute Gasteiger partial charge is 0.352 e. The van der Waals surface area contributed by atoms with Gasteiger partial charge in [0.25, 0.3) is 0 Å². The van der Waals surface area contributed by atoms with Crippen LogP contribution in [0.4, 0.5) is 11.8 Å². The van der Waals surface area contributed by atoms with Crippen molar-refractivity contribution in [1.29, 1.82) is 0 Å². The molecule has 1 amide bonds. The maximum Gasteiger partial charge on any atom is 0.247 e. The minimum absolute atomic E-state index is 0.142. The molecule has 0 spiro atoms. The molecule has 2 saturated heterocycles. The number of carbonyl (C=O) groups is 1. The first-order valence-corrected chi connectivity index (χ1v) is 8.08. The Labute approximate surface area is 131 Å². The average Bonchev–Trinajstić information content (AvgIpc) is 2.56. The summed E-state index contributed by atoms with van der Waals surface area (Å²) in [6.07, 6.45) is 4.09. The molecule has 3 rings (SSSR count). The van der Waals surface area contributed by atoms with Gasteiger partial charge in [0.15, 0.2) is 5.82 Å². The van der Waals surface area contributed by atoms with Gasteiger partial charge in [0, 0.05) is 46.2 Å². The summed E-state index contributed by atoms with van der Waals surface area (Å²) >= 11 is 0. The standard InChI is InChI=1S/C15H24N6O/c1-12-3-5-21(6-4-12)15-17-14(11-16-18-15)20-9-7-19(8-10-20)13(2)22/h11-12H,3-10H2,1-2H3. The fourth-order valence-corrected chi connectivity index (χ4v) is 3.03. The van der Waals surface area contributed by atoms with E-state index in [1.807, 2.05) is 4.90 Å². The molecule has 1 aromatic heterocycles. The third-order valence-corrected chi connectivity index (χ3v) is 4.65. The number of piperazine rings is 1. The van der Waals surface area contributed by atoms with Crippen molar-refractivity contribution < 1.29 is 4.79 Å². The van der Waals surface area contributed by atoms with Crippen molar-refractivity contribution in [2.24, 2.45) is 5.92 Å². The quantitative estimate of drug-likeness (QED) is 0.804. The smallest absolute Gasteiger partial charge is 0.247 e. The normalized spacial score (nSPS) is 20.4. The van der Waals surface area contributed by atoms with E-state index in [2.05, 4.69) is 31.9 Å². The number of carbonyl (C=O) groups excluding carboxylic acids is 1. The van der Waals surface area contributed by atoms with Crippen molar-refractivity contribution in [3.8, 4) is 0 Å². The van der Waals surface area contributed by atoms with Gasteiger partial charge in [-0.2, -0.15) is 10.1 Å². The number of anilines is 2. The number of aromatic nitrogens is 3. The molecule has 120 valence electrons. The zero-order valence-corrected chi connectivity index (χ0v) is 13.4. The molecular weight excluding hydrogens is 280 g/mol. The molecule has 7 heteroatoms. The second-order valence-corrected chi connectivity index (χ2v) is 6.28. The molecule has 0 bridgehead atoms. The average molecular weight is 304 g/mol. The van der Waals surface area contributed by atoms with E-state index in [-0.39, 0.29) is 5.91 Å². The van der Waals surface area contributed by atoms with E-state index >= 15 is 0 Å². The predicted molar refractivity (Wildman–Crippen MR) is 84.9 cm³/mol. The van der Waals surface area contributed by atoms with Gasteiger partial charge in [0.1, 0.15) is 0 Å². The molecule has 7 nitrogen and oxygen atoms in total. The van der Waals surface area contributed by atoms with E-state index in [0.717, 1.165) is 57.0 Å². The van der Waals surface area contributed by atoms with Crippen molar-refractivity contribution in [2.45, 2.75) is 26.7 Å². The second kappa shape index (κ2) is 6.46. The molecule has 0 aromatic carbocycles. The lowest BCUT2D eigenvalue weighted by Crippen LogP contribution is -2.48. The molecule has 0 aliphatic carbocycles. The number of piperidine rings is 1. The Morgan fingerprint density at radius 2 is 1.77 bits per heavy atom. The zero-order chi connectivity index (χ0) is 15.5. The summed E-state index contributed by atoms with van der Waals surface area (Å²) in [5.74, 6) is 2.53. The lowest BCUT2D eigenvalue weighted by molar-refractivity contribution is -0.129.